The quantitative estimate of drug-likeness (QED) is 0.897. The zero-order chi connectivity index (χ0) is 18.4. The third-order valence-corrected chi connectivity index (χ3v) is 5.17. The van der Waals surface area contributed by atoms with Crippen molar-refractivity contribution in [3.05, 3.63) is 71.3 Å². The smallest absolute Gasteiger partial charge is 0.251 e. The van der Waals surface area contributed by atoms with Gasteiger partial charge in [-0.2, -0.15) is 5.26 Å². The van der Waals surface area contributed by atoms with Crippen LogP contribution in [0, 0.1) is 11.3 Å². The highest BCUT2D eigenvalue weighted by Crippen LogP contribution is 2.24. The first-order chi connectivity index (χ1) is 12.7. The van der Waals surface area contributed by atoms with Crippen molar-refractivity contribution in [2.75, 3.05) is 13.1 Å². The Hall–Kier alpha value is -2.64. The highest BCUT2D eigenvalue weighted by atomic mass is 16.1. The second-order valence-electron chi connectivity index (χ2n) is 6.91. The van der Waals surface area contributed by atoms with Gasteiger partial charge in [-0.15, -0.1) is 0 Å². The number of rotatable bonds is 5. The normalized spacial score (nSPS) is 16.6. The highest BCUT2D eigenvalue weighted by molar-refractivity contribution is 5.94. The van der Waals surface area contributed by atoms with Crippen molar-refractivity contribution in [3.63, 3.8) is 0 Å². The molecular formula is C22H25N3O. The van der Waals surface area contributed by atoms with Gasteiger partial charge in [0.1, 0.15) is 0 Å². The summed E-state index contributed by atoms with van der Waals surface area (Å²) in [5.41, 5.74) is 2.86. The van der Waals surface area contributed by atoms with Crippen LogP contribution in [-0.2, 0) is 6.42 Å². The second-order valence-corrected chi connectivity index (χ2v) is 6.91. The van der Waals surface area contributed by atoms with Crippen LogP contribution in [0.25, 0.3) is 0 Å². The van der Waals surface area contributed by atoms with E-state index in [1.165, 1.54) is 5.56 Å². The molecule has 2 aromatic rings. The van der Waals surface area contributed by atoms with Gasteiger partial charge >= 0.3 is 0 Å². The lowest BCUT2D eigenvalue weighted by Gasteiger charge is -2.36. The number of nitrogens with one attached hydrogen (secondary N) is 1. The fourth-order valence-electron chi connectivity index (χ4n) is 3.56. The van der Waals surface area contributed by atoms with Gasteiger partial charge in [0.25, 0.3) is 5.91 Å². The lowest BCUT2D eigenvalue weighted by Crippen LogP contribution is -2.45. The van der Waals surface area contributed by atoms with Crippen molar-refractivity contribution in [1.29, 1.82) is 5.26 Å². The van der Waals surface area contributed by atoms with Crippen LogP contribution in [0.1, 0.15) is 47.3 Å². The zero-order valence-electron chi connectivity index (χ0n) is 15.2. The summed E-state index contributed by atoms with van der Waals surface area (Å²) in [6.07, 6.45) is 2.25. The molecule has 1 heterocycles. The third-order valence-electron chi connectivity index (χ3n) is 5.17. The highest BCUT2D eigenvalue weighted by Gasteiger charge is 2.24. The van der Waals surface area contributed by atoms with Crippen molar-refractivity contribution < 1.29 is 4.79 Å². The fraction of sp³-hybridized carbons (Fsp3) is 0.364. The van der Waals surface area contributed by atoms with Crippen molar-refractivity contribution >= 4 is 5.91 Å². The molecule has 0 bridgehead atoms. The molecular weight excluding hydrogens is 322 g/mol. The largest absolute Gasteiger partial charge is 0.349 e. The molecule has 134 valence electrons. The summed E-state index contributed by atoms with van der Waals surface area (Å²) in [5, 5.41) is 12.0. The van der Waals surface area contributed by atoms with Gasteiger partial charge in [-0.05, 0) is 43.0 Å². The van der Waals surface area contributed by atoms with E-state index in [1.807, 2.05) is 30.3 Å². The van der Waals surface area contributed by atoms with Gasteiger partial charge < -0.3 is 5.32 Å². The number of piperidine rings is 1. The van der Waals surface area contributed by atoms with Gasteiger partial charge in [0, 0.05) is 30.7 Å². The molecule has 1 amide bonds. The molecule has 1 aliphatic heterocycles. The van der Waals surface area contributed by atoms with Crippen molar-refractivity contribution in [2.45, 2.75) is 38.3 Å². The molecule has 4 heteroatoms. The monoisotopic (exact) mass is 347 g/mol. The Morgan fingerprint density at radius 1 is 1.19 bits per heavy atom. The van der Waals surface area contributed by atoms with E-state index >= 15 is 0 Å². The number of nitrogens with zero attached hydrogens (tertiary/aromatic N) is 2. The van der Waals surface area contributed by atoms with E-state index in [1.54, 1.807) is 0 Å². The van der Waals surface area contributed by atoms with E-state index < -0.39 is 0 Å². The molecule has 26 heavy (non-hydrogen) atoms. The summed E-state index contributed by atoms with van der Waals surface area (Å²) >= 11 is 0. The first kappa shape index (κ1) is 18.2. The molecule has 1 saturated heterocycles. The molecule has 4 nitrogen and oxygen atoms in total. The Balaban J connectivity index is 1.53. The second kappa shape index (κ2) is 8.64. The maximum atomic E-state index is 12.5. The number of hydrogen-bond donors (Lipinski definition) is 1. The lowest BCUT2D eigenvalue weighted by atomic mass is 9.99. The van der Waals surface area contributed by atoms with Crippen LogP contribution in [0.3, 0.4) is 0 Å². The molecule has 1 unspecified atom stereocenters. The summed E-state index contributed by atoms with van der Waals surface area (Å²) in [7, 11) is 0. The van der Waals surface area contributed by atoms with Crippen LogP contribution < -0.4 is 5.32 Å². The van der Waals surface area contributed by atoms with Crippen LogP contribution in [0.2, 0.25) is 0 Å². The Labute approximate surface area is 155 Å². The Kier molecular flexibility index (Phi) is 6.04. The molecule has 0 aliphatic carbocycles. The molecule has 2 aromatic carbocycles. The third kappa shape index (κ3) is 4.50. The first-order valence-corrected chi connectivity index (χ1v) is 9.23. The molecule has 1 atom stereocenters. The van der Waals surface area contributed by atoms with Gasteiger partial charge in [-0.1, -0.05) is 42.5 Å². The minimum atomic E-state index is -0.0423. The predicted molar refractivity (Wildman–Crippen MR) is 103 cm³/mol. The average Bonchev–Trinajstić information content (AvgIpc) is 2.69. The van der Waals surface area contributed by atoms with Crippen LogP contribution in [-0.4, -0.2) is 29.9 Å². The summed E-state index contributed by atoms with van der Waals surface area (Å²) in [6.45, 7) is 4.21. The molecule has 1 aliphatic rings. The van der Waals surface area contributed by atoms with Gasteiger partial charge in [0.05, 0.1) is 12.5 Å². The van der Waals surface area contributed by atoms with E-state index in [0.29, 0.717) is 18.0 Å². The predicted octanol–water partition coefficient (Wildman–Crippen LogP) is 3.71. The van der Waals surface area contributed by atoms with Gasteiger partial charge in [0.2, 0.25) is 0 Å². The minimum Gasteiger partial charge on any atom is -0.349 e. The van der Waals surface area contributed by atoms with Crippen LogP contribution in [0.15, 0.2) is 54.6 Å². The Morgan fingerprint density at radius 2 is 1.92 bits per heavy atom. The van der Waals surface area contributed by atoms with Crippen LogP contribution in [0.5, 0.6) is 0 Å². The molecule has 1 fully saturated rings. The zero-order valence-corrected chi connectivity index (χ0v) is 15.2. The fourth-order valence-corrected chi connectivity index (χ4v) is 3.56. The number of amides is 1. The number of hydrogen-bond acceptors (Lipinski definition) is 3. The standard InChI is InChI=1S/C22H25N3O/c1-17(19-7-3-2-4-8-19)25-14-11-21(12-15-25)24-22(26)20-9-5-6-18(16-20)10-13-23/h2-9,16-17,21H,10-12,14-15H2,1H3,(H,24,26). The molecule has 3 rings (SSSR count). The molecule has 0 radical (unpaired) electrons. The van der Waals surface area contributed by atoms with E-state index in [2.05, 4.69) is 47.5 Å². The Morgan fingerprint density at radius 3 is 2.62 bits per heavy atom. The van der Waals surface area contributed by atoms with E-state index in [0.717, 1.165) is 31.5 Å². The van der Waals surface area contributed by atoms with Crippen molar-refractivity contribution in [3.8, 4) is 6.07 Å². The number of carbonyl (C=O) groups is 1. The maximum Gasteiger partial charge on any atom is 0.251 e. The minimum absolute atomic E-state index is 0.0423. The number of carbonyl (C=O) groups excluding carboxylic acids is 1. The average molecular weight is 347 g/mol. The first-order valence-electron chi connectivity index (χ1n) is 9.23. The van der Waals surface area contributed by atoms with Crippen LogP contribution in [0.4, 0.5) is 0 Å². The van der Waals surface area contributed by atoms with Gasteiger partial charge in [-0.3, -0.25) is 9.69 Å². The van der Waals surface area contributed by atoms with Crippen molar-refractivity contribution in [2.24, 2.45) is 0 Å². The Bertz CT molecular complexity index is 773. The number of benzene rings is 2. The topological polar surface area (TPSA) is 56.1 Å². The summed E-state index contributed by atoms with van der Waals surface area (Å²) in [4.78, 5) is 15.0. The van der Waals surface area contributed by atoms with Crippen molar-refractivity contribution in [1.82, 2.24) is 10.2 Å². The maximum absolute atomic E-state index is 12.5. The van der Waals surface area contributed by atoms with E-state index in [9.17, 15) is 4.79 Å². The molecule has 0 spiro atoms. The molecule has 0 aromatic heterocycles. The van der Waals surface area contributed by atoms with E-state index in [4.69, 9.17) is 5.26 Å². The van der Waals surface area contributed by atoms with E-state index in [-0.39, 0.29) is 11.9 Å². The van der Waals surface area contributed by atoms with Gasteiger partial charge in [-0.25, -0.2) is 0 Å². The molecule has 1 N–H and O–H groups in total. The summed E-state index contributed by atoms with van der Waals surface area (Å²) < 4.78 is 0. The lowest BCUT2D eigenvalue weighted by molar-refractivity contribution is 0.0896. The molecule has 0 saturated carbocycles. The number of nitriles is 1. The summed E-state index contributed by atoms with van der Waals surface area (Å²) in [6, 6.07) is 20.6. The summed E-state index contributed by atoms with van der Waals surface area (Å²) in [5.74, 6) is -0.0423. The SMILES string of the molecule is CC(c1ccccc1)N1CCC(NC(=O)c2cccc(CC#N)c2)CC1. The van der Waals surface area contributed by atoms with Gasteiger partial charge in [0.15, 0.2) is 0 Å². The van der Waals surface area contributed by atoms with Crippen LogP contribution >= 0.6 is 0 Å². The number of likely N-dealkylation sites (tertiary alicyclic amines) is 1.